The number of nitriles is 1. The van der Waals surface area contributed by atoms with E-state index in [1.54, 1.807) is 4.90 Å². The lowest BCUT2D eigenvalue weighted by molar-refractivity contribution is -0.121. The van der Waals surface area contributed by atoms with Crippen molar-refractivity contribution in [3.63, 3.8) is 0 Å². The minimum absolute atomic E-state index is 0.0289. The second kappa shape index (κ2) is 9.75. The van der Waals surface area contributed by atoms with Crippen molar-refractivity contribution in [2.75, 3.05) is 25.0 Å². The Labute approximate surface area is 178 Å². The summed E-state index contributed by atoms with van der Waals surface area (Å²) in [4.78, 5) is 26.7. The maximum Gasteiger partial charge on any atom is 0.253 e. The van der Waals surface area contributed by atoms with Crippen molar-refractivity contribution in [1.82, 2.24) is 19.8 Å². The van der Waals surface area contributed by atoms with E-state index in [1.165, 1.54) is 41.1 Å². The lowest BCUT2D eigenvalue weighted by atomic mass is 9.95. The maximum absolute atomic E-state index is 12.7. The largest absolute Gasteiger partial charge is 0.339 e. The van der Waals surface area contributed by atoms with Crippen LogP contribution in [0.4, 0.5) is 5.13 Å². The average molecular weight is 449 g/mol. The molecule has 0 bridgehead atoms. The van der Waals surface area contributed by atoms with Crippen molar-refractivity contribution >= 4 is 38.3 Å². The summed E-state index contributed by atoms with van der Waals surface area (Å²) in [7, 11) is -3.72. The highest BCUT2D eigenvalue weighted by Gasteiger charge is 2.28. The van der Waals surface area contributed by atoms with Crippen molar-refractivity contribution in [3.05, 3.63) is 35.3 Å². The van der Waals surface area contributed by atoms with Crippen LogP contribution in [0, 0.1) is 17.2 Å². The van der Waals surface area contributed by atoms with E-state index >= 15 is 0 Å². The average Bonchev–Trinajstić information content (AvgIpc) is 3.26. The number of sulfonamides is 1. The lowest BCUT2D eigenvalue weighted by Crippen LogP contribution is -2.41. The van der Waals surface area contributed by atoms with Gasteiger partial charge in [0.05, 0.1) is 11.0 Å². The third-order valence-electron chi connectivity index (χ3n) is 4.68. The van der Waals surface area contributed by atoms with Crippen LogP contribution in [0.5, 0.6) is 0 Å². The summed E-state index contributed by atoms with van der Waals surface area (Å²) in [5.41, 5.74) is 1.92. The van der Waals surface area contributed by atoms with Crippen LogP contribution in [0.3, 0.4) is 0 Å². The van der Waals surface area contributed by atoms with E-state index in [1.807, 2.05) is 6.07 Å². The predicted octanol–water partition coefficient (Wildman–Crippen LogP) is 1.22. The molecule has 2 heterocycles. The number of hydrogen-bond donors (Lipinski definition) is 2. The van der Waals surface area contributed by atoms with Gasteiger partial charge in [-0.05, 0) is 37.1 Å². The number of hydrogen-bond acceptors (Lipinski definition) is 8. The minimum atomic E-state index is -3.72. The van der Waals surface area contributed by atoms with Gasteiger partial charge in [-0.25, -0.2) is 13.1 Å². The number of nitrogens with zero attached hydrogens (tertiary/aromatic N) is 4. The molecule has 2 aromatic rings. The first kappa shape index (κ1) is 21.8. The number of carbonyl (C=O) groups is 2. The van der Waals surface area contributed by atoms with Crippen molar-refractivity contribution in [3.8, 4) is 6.07 Å². The van der Waals surface area contributed by atoms with E-state index in [-0.39, 0.29) is 35.6 Å². The topological polar surface area (TPSA) is 145 Å². The van der Waals surface area contributed by atoms with Crippen LogP contribution in [-0.4, -0.2) is 55.0 Å². The molecule has 0 unspecified atom stereocenters. The number of carbonyl (C=O) groups excluding carboxylic acids is 2. The number of likely N-dealkylation sites (tertiary alicyclic amines) is 1. The number of nitrogens with one attached hydrogen (secondary N) is 2. The van der Waals surface area contributed by atoms with Gasteiger partial charge in [0, 0.05) is 37.5 Å². The van der Waals surface area contributed by atoms with Crippen molar-refractivity contribution < 1.29 is 18.0 Å². The summed E-state index contributed by atoms with van der Waals surface area (Å²) < 4.78 is 26.6. The third-order valence-corrected chi connectivity index (χ3v) is 6.77. The van der Waals surface area contributed by atoms with Crippen LogP contribution in [0.1, 0.15) is 29.6 Å². The predicted molar refractivity (Wildman–Crippen MR) is 109 cm³/mol. The number of piperidine rings is 1. The Kier molecular flexibility index (Phi) is 7.09. The maximum atomic E-state index is 12.7. The molecule has 12 heteroatoms. The molecule has 0 aliphatic carbocycles. The Morgan fingerprint density at radius 2 is 1.93 bits per heavy atom. The van der Waals surface area contributed by atoms with Crippen LogP contribution in [0.25, 0.3) is 0 Å². The standard InChI is InChI=1S/C18H20N6O4S2/c19-8-1-9-21-30(27,28)15-4-2-14(3-5-15)17(26)24-10-6-13(7-11-24)16(25)22-18-23-20-12-29-18/h2-5,12-13,21H,1,6-7,9-11H2,(H,22,23,25). The van der Waals surface area contributed by atoms with Crippen molar-refractivity contribution in [2.45, 2.75) is 24.2 Å². The van der Waals surface area contributed by atoms with Gasteiger partial charge in [0.2, 0.25) is 21.1 Å². The Morgan fingerprint density at radius 3 is 2.53 bits per heavy atom. The Balaban J connectivity index is 1.55. The van der Waals surface area contributed by atoms with E-state index in [0.717, 1.165) is 0 Å². The molecule has 1 saturated heterocycles. The Bertz CT molecular complexity index is 1020. The first-order chi connectivity index (χ1) is 14.4. The van der Waals surface area contributed by atoms with Crippen LogP contribution in [-0.2, 0) is 14.8 Å². The zero-order valence-electron chi connectivity index (χ0n) is 15.9. The third kappa shape index (κ3) is 5.38. The summed E-state index contributed by atoms with van der Waals surface area (Å²) in [6.45, 7) is 0.896. The lowest BCUT2D eigenvalue weighted by Gasteiger charge is -2.31. The fourth-order valence-corrected chi connectivity index (χ4v) is 4.54. The second-order valence-corrected chi connectivity index (χ2v) is 9.23. The van der Waals surface area contributed by atoms with Crippen LogP contribution < -0.4 is 10.0 Å². The van der Waals surface area contributed by atoms with Crippen LogP contribution in [0.2, 0.25) is 0 Å². The molecule has 0 radical (unpaired) electrons. The van der Waals surface area contributed by atoms with Gasteiger partial charge in [0.1, 0.15) is 5.51 Å². The molecule has 0 spiro atoms. The molecule has 1 fully saturated rings. The zero-order chi connectivity index (χ0) is 21.6. The van der Waals surface area contributed by atoms with E-state index < -0.39 is 10.0 Å². The normalized spacial score (nSPS) is 14.8. The first-order valence-electron chi connectivity index (χ1n) is 9.23. The molecule has 1 aliphatic heterocycles. The molecule has 1 aromatic carbocycles. The number of aromatic nitrogens is 2. The molecule has 30 heavy (non-hydrogen) atoms. The van der Waals surface area contributed by atoms with Gasteiger partial charge in [-0.3, -0.25) is 9.59 Å². The zero-order valence-corrected chi connectivity index (χ0v) is 17.6. The molecule has 3 rings (SSSR count). The fourth-order valence-electron chi connectivity index (χ4n) is 3.06. The van der Waals surface area contributed by atoms with Crippen LogP contribution in [0.15, 0.2) is 34.7 Å². The minimum Gasteiger partial charge on any atom is -0.339 e. The van der Waals surface area contributed by atoms with E-state index in [2.05, 4.69) is 20.2 Å². The molecule has 1 aromatic heterocycles. The quantitative estimate of drug-likeness (QED) is 0.606. The highest BCUT2D eigenvalue weighted by Crippen LogP contribution is 2.22. The molecule has 2 N–H and O–H groups in total. The Morgan fingerprint density at radius 1 is 1.23 bits per heavy atom. The number of amides is 2. The van der Waals surface area contributed by atoms with Crippen molar-refractivity contribution in [1.29, 1.82) is 5.26 Å². The number of anilines is 1. The van der Waals surface area contributed by atoms with Gasteiger partial charge >= 0.3 is 0 Å². The summed E-state index contributed by atoms with van der Waals surface area (Å²) >= 11 is 1.25. The van der Waals surface area contributed by atoms with Gasteiger partial charge in [0.15, 0.2) is 0 Å². The van der Waals surface area contributed by atoms with Gasteiger partial charge in [-0.1, -0.05) is 11.3 Å². The van der Waals surface area contributed by atoms with Gasteiger partial charge in [-0.15, -0.1) is 10.2 Å². The molecule has 2 amide bonds. The molecule has 0 atom stereocenters. The van der Waals surface area contributed by atoms with Crippen LogP contribution >= 0.6 is 11.3 Å². The number of benzene rings is 1. The summed E-state index contributed by atoms with van der Waals surface area (Å²) in [5.74, 6) is -0.540. The smallest absolute Gasteiger partial charge is 0.253 e. The first-order valence-corrected chi connectivity index (χ1v) is 11.6. The van der Waals surface area contributed by atoms with Gasteiger partial charge < -0.3 is 10.2 Å². The molecule has 10 nitrogen and oxygen atoms in total. The highest BCUT2D eigenvalue weighted by molar-refractivity contribution is 7.89. The highest BCUT2D eigenvalue weighted by atomic mass is 32.2. The summed E-state index contributed by atoms with van der Waals surface area (Å²) in [5, 5.41) is 19.2. The monoisotopic (exact) mass is 448 g/mol. The number of rotatable bonds is 7. The summed E-state index contributed by atoms with van der Waals surface area (Å²) in [6, 6.07) is 7.53. The van der Waals surface area contributed by atoms with E-state index in [9.17, 15) is 18.0 Å². The molecule has 0 saturated carbocycles. The van der Waals surface area contributed by atoms with E-state index in [0.29, 0.717) is 36.6 Å². The van der Waals surface area contributed by atoms with Gasteiger partial charge in [0.25, 0.3) is 5.91 Å². The van der Waals surface area contributed by atoms with E-state index in [4.69, 9.17) is 5.26 Å². The molecule has 1 aliphatic rings. The SMILES string of the molecule is N#CCCNS(=O)(=O)c1ccc(C(=O)N2CCC(C(=O)Nc3nncs3)CC2)cc1. The molecular formula is C18H20N6O4S2. The van der Waals surface area contributed by atoms with Gasteiger partial charge in [-0.2, -0.15) is 5.26 Å². The fraction of sp³-hybridized carbons (Fsp3) is 0.389. The van der Waals surface area contributed by atoms with Crippen molar-refractivity contribution in [2.24, 2.45) is 5.92 Å². The molecule has 158 valence electrons. The second-order valence-electron chi connectivity index (χ2n) is 6.63. The molecular weight excluding hydrogens is 428 g/mol. The Hall–Kier alpha value is -2.88. The summed E-state index contributed by atoms with van der Waals surface area (Å²) in [6.07, 6.45) is 1.14.